The van der Waals surface area contributed by atoms with Crippen LogP contribution in [0.3, 0.4) is 0 Å². The molecule has 0 aliphatic carbocycles. The highest BCUT2D eigenvalue weighted by atomic mass is 19.1. The van der Waals surface area contributed by atoms with Gasteiger partial charge in [0.25, 0.3) is 0 Å². The fourth-order valence-corrected chi connectivity index (χ4v) is 1.67. The molecule has 0 N–H and O–H groups in total. The van der Waals surface area contributed by atoms with E-state index in [4.69, 9.17) is 10.5 Å². The Morgan fingerprint density at radius 1 is 1.00 bits per heavy atom. The first-order chi connectivity index (χ1) is 8.26. The molecule has 80 valence electrons. The Morgan fingerprint density at radius 3 is 2.35 bits per heavy atom. The summed E-state index contributed by atoms with van der Waals surface area (Å²) in [7, 11) is 0. The Balaban J connectivity index is 2.73. The maximum absolute atomic E-state index is 13.5. The quantitative estimate of drug-likeness (QED) is 0.694. The molecule has 0 radical (unpaired) electrons. The first-order valence-electron chi connectivity index (χ1n) is 4.95. The van der Waals surface area contributed by atoms with E-state index in [-0.39, 0.29) is 11.4 Å². The van der Waals surface area contributed by atoms with Crippen LogP contribution in [0.2, 0.25) is 0 Å². The molecule has 0 bridgehead atoms. The average Bonchev–Trinajstić information content (AvgIpc) is 2.37. The van der Waals surface area contributed by atoms with Gasteiger partial charge in [-0.2, -0.15) is 10.5 Å². The van der Waals surface area contributed by atoms with Crippen molar-refractivity contribution in [3.05, 3.63) is 53.4 Å². The van der Waals surface area contributed by atoms with E-state index in [2.05, 4.69) is 0 Å². The summed E-state index contributed by atoms with van der Waals surface area (Å²) in [4.78, 5) is 0. The van der Waals surface area contributed by atoms with Gasteiger partial charge in [-0.15, -0.1) is 0 Å². The average molecular weight is 222 g/mol. The molecule has 0 aromatic heterocycles. The second-order valence-corrected chi connectivity index (χ2v) is 3.46. The Hall–Kier alpha value is -2.65. The van der Waals surface area contributed by atoms with Crippen molar-refractivity contribution in [2.75, 3.05) is 0 Å². The van der Waals surface area contributed by atoms with Crippen molar-refractivity contribution in [1.29, 1.82) is 10.5 Å². The first kappa shape index (κ1) is 10.9. The van der Waals surface area contributed by atoms with Crippen molar-refractivity contribution in [2.45, 2.75) is 0 Å². The number of nitrogens with zero attached hydrogens (tertiary/aromatic N) is 2. The lowest BCUT2D eigenvalue weighted by molar-refractivity contribution is 0.640. The normalized spacial score (nSPS) is 9.35. The minimum absolute atomic E-state index is 0.00163. The maximum Gasteiger partial charge on any atom is 0.131 e. The molecule has 0 fully saturated rings. The van der Waals surface area contributed by atoms with Crippen LogP contribution in [-0.2, 0) is 0 Å². The lowest BCUT2D eigenvalue weighted by Gasteiger charge is -2.02. The van der Waals surface area contributed by atoms with Crippen LogP contribution < -0.4 is 0 Å². The Labute approximate surface area is 97.8 Å². The van der Waals surface area contributed by atoms with E-state index < -0.39 is 0 Å². The van der Waals surface area contributed by atoms with Crippen molar-refractivity contribution < 1.29 is 4.39 Å². The molecule has 0 spiro atoms. The number of fused-ring (bicyclic) bond motifs is 1. The molecule has 2 aromatic rings. The molecule has 0 amide bonds. The summed E-state index contributed by atoms with van der Waals surface area (Å²) in [5.41, 5.74) is 0.668. The van der Waals surface area contributed by atoms with E-state index in [9.17, 15) is 4.39 Å². The lowest BCUT2D eigenvalue weighted by atomic mass is 10.0. The molecule has 17 heavy (non-hydrogen) atoms. The fourth-order valence-electron chi connectivity index (χ4n) is 1.67. The molecule has 2 rings (SSSR count). The second kappa shape index (κ2) is 4.47. The summed E-state index contributed by atoms with van der Waals surface area (Å²) < 4.78 is 13.5. The highest BCUT2D eigenvalue weighted by Crippen LogP contribution is 2.23. The highest BCUT2D eigenvalue weighted by Gasteiger charge is 2.03. The van der Waals surface area contributed by atoms with Crippen molar-refractivity contribution in [3.8, 4) is 12.1 Å². The van der Waals surface area contributed by atoms with E-state index >= 15 is 0 Å². The molecular formula is C14H7FN2. The summed E-state index contributed by atoms with van der Waals surface area (Å²) in [5, 5.41) is 18.6. The van der Waals surface area contributed by atoms with Gasteiger partial charge in [0.05, 0.1) is 0 Å². The zero-order chi connectivity index (χ0) is 12.3. The Kier molecular flexibility index (Phi) is 2.85. The Morgan fingerprint density at radius 2 is 1.65 bits per heavy atom. The van der Waals surface area contributed by atoms with Crippen molar-refractivity contribution in [2.24, 2.45) is 0 Å². The number of allylic oxidation sites excluding steroid dienone is 1. The predicted molar refractivity (Wildman–Crippen MR) is 63.1 cm³/mol. The number of hydrogen-bond donors (Lipinski definition) is 0. The fraction of sp³-hybridized carbons (Fsp3) is 0. The smallest absolute Gasteiger partial charge is 0.131 e. The molecule has 0 unspecified atom stereocenters. The lowest BCUT2D eigenvalue weighted by Crippen LogP contribution is -1.83. The number of nitriles is 2. The van der Waals surface area contributed by atoms with Crippen molar-refractivity contribution in [3.63, 3.8) is 0 Å². The van der Waals surface area contributed by atoms with Crippen molar-refractivity contribution >= 4 is 16.8 Å². The van der Waals surface area contributed by atoms with E-state index in [0.717, 1.165) is 0 Å². The predicted octanol–water partition coefficient (Wildman–Crippen LogP) is 3.41. The number of halogens is 1. The molecule has 2 nitrogen and oxygen atoms in total. The van der Waals surface area contributed by atoms with Gasteiger partial charge in [0.1, 0.15) is 23.5 Å². The van der Waals surface area contributed by atoms with Crippen LogP contribution in [0, 0.1) is 28.5 Å². The maximum atomic E-state index is 13.5. The molecule has 0 saturated heterocycles. The van der Waals surface area contributed by atoms with E-state index in [0.29, 0.717) is 16.3 Å². The third-order valence-corrected chi connectivity index (χ3v) is 2.44. The van der Waals surface area contributed by atoms with E-state index in [1.165, 1.54) is 12.1 Å². The summed E-state index contributed by atoms with van der Waals surface area (Å²) in [6.07, 6.45) is 1.46. The number of benzene rings is 2. The Bertz CT molecular complexity index is 671. The van der Waals surface area contributed by atoms with E-state index in [1.807, 2.05) is 0 Å². The number of hydrogen-bond acceptors (Lipinski definition) is 2. The highest BCUT2D eigenvalue weighted by molar-refractivity contribution is 5.92. The summed E-state index contributed by atoms with van der Waals surface area (Å²) in [6, 6.07) is 13.4. The van der Waals surface area contributed by atoms with Gasteiger partial charge in [-0.25, -0.2) is 4.39 Å². The van der Waals surface area contributed by atoms with Crippen LogP contribution in [0.15, 0.2) is 42.0 Å². The van der Waals surface area contributed by atoms with E-state index in [1.54, 1.807) is 42.5 Å². The van der Waals surface area contributed by atoms with Crippen LogP contribution >= 0.6 is 0 Å². The van der Waals surface area contributed by atoms with Crippen LogP contribution in [0.5, 0.6) is 0 Å². The SMILES string of the molecule is N#CC(C#N)=Cc1cccc2c(F)cccc12. The van der Waals surface area contributed by atoms with Gasteiger partial charge in [0.15, 0.2) is 0 Å². The summed E-state index contributed by atoms with van der Waals surface area (Å²) in [6.45, 7) is 0. The molecule has 0 aliphatic heterocycles. The zero-order valence-corrected chi connectivity index (χ0v) is 8.81. The van der Waals surface area contributed by atoms with Gasteiger partial charge in [0.2, 0.25) is 0 Å². The third kappa shape index (κ3) is 2.00. The summed E-state index contributed by atoms with van der Waals surface area (Å²) in [5.74, 6) is -0.312. The van der Waals surface area contributed by atoms with Gasteiger partial charge in [-0.05, 0) is 23.1 Å². The third-order valence-electron chi connectivity index (χ3n) is 2.44. The van der Waals surface area contributed by atoms with Crippen molar-refractivity contribution in [1.82, 2.24) is 0 Å². The van der Waals surface area contributed by atoms with Crippen LogP contribution in [0.1, 0.15) is 5.56 Å². The second-order valence-electron chi connectivity index (χ2n) is 3.46. The molecule has 0 heterocycles. The minimum atomic E-state index is -0.312. The van der Waals surface area contributed by atoms with Gasteiger partial charge in [0, 0.05) is 5.39 Å². The zero-order valence-electron chi connectivity index (χ0n) is 8.81. The molecule has 0 atom stereocenters. The molecule has 0 saturated carbocycles. The molecule has 0 aliphatic rings. The molecular weight excluding hydrogens is 215 g/mol. The number of rotatable bonds is 1. The van der Waals surface area contributed by atoms with Crippen LogP contribution in [-0.4, -0.2) is 0 Å². The first-order valence-corrected chi connectivity index (χ1v) is 4.95. The van der Waals surface area contributed by atoms with Crippen LogP contribution in [0.25, 0.3) is 16.8 Å². The van der Waals surface area contributed by atoms with Crippen LogP contribution in [0.4, 0.5) is 4.39 Å². The molecule has 3 heteroatoms. The van der Waals surface area contributed by atoms with Gasteiger partial charge >= 0.3 is 0 Å². The van der Waals surface area contributed by atoms with Gasteiger partial charge < -0.3 is 0 Å². The summed E-state index contributed by atoms with van der Waals surface area (Å²) >= 11 is 0. The minimum Gasteiger partial charge on any atom is -0.206 e. The monoisotopic (exact) mass is 222 g/mol. The topological polar surface area (TPSA) is 47.6 Å². The molecule has 2 aromatic carbocycles. The largest absolute Gasteiger partial charge is 0.206 e. The van der Waals surface area contributed by atoms with Gasteiger partial charge in [-0.3, -0.25) is 0 Å². The standard InChI is InChI=1S/C14H7FN2/c15-14-6-2-4-12-11(3-1-5-13(12)14)7-10(8-16)9-17/h1-7H. The van der Waals surface area contributed by atoms with Gasteiger partial charge in [-0.1, -0.05) is 30.3 Å².